The van der Waals surface area contributed by atoms with E-state index in [-0.39, 0.29) is 21.4 Å². The third-order valence-electron chi connectivity index (χ3n) is 2.18. The summed E-state index contributed by atoms with van der Waals surface area (Å²) < 4.78 is 54.5. The molecule has 0 radical (unpaired) electrons. The van der Waals surface area contributed by atoms with Crippen LogP contribution in [0.15, 0.2) is 35.5 Å². The van der Waals surface area contributed by atoms with Gasteiger partial charge >= 0.3 is 6.61 Å². The molecule has 6 nitrogen and oxygen atoms in total. The highest BCUT2D eigenvalue weighted by Crippen LogP contribution is 2.29. The van der Waals surface area contributed by atoms with E-state index in [2.05, 4.69) is 19.7 Å². The van der Waals surface area contributed by atoms with Gasteiger partial charge < -0.3 is 4.74 Å². The number of sulfonamides is 1. The number of ether oxygens (including phenoxy) is 1. The molecule has 0 aliphatic rings. The second kappa shape index (κ2) is 5.63. The molecule has 1 aromatic carbocycles. The van der Waals surface area contributed by atoms with E-state index >= 15 is 0 Å². The fourth-order valence-electron chi connectivity index (χ4n) is 1.36. The number of halogens is 3. The highest BCUT2D eigenvalue weighted by atomic mass is 35.5. The standard InChI is InChI=1S/C10H8ClF2N3O3S/c11-8-3-7(1-2-9(8)19-10(12)13)20(17,18)16-6-4-14-15-5-6/h1-5,10,16H,(H,14,15). The molecule has 2 N–H and O–H groups in total. The smallest absolute Gasteiger partial charge is 0.387 e. The third-order valence-corrected chi connectivity index (χ3v) is 3.85. The van der Waals surface area contributed by atoms with E-state index in [0.717, 1.165) is 18.2 Å². The Hall–Kier alpha value is -1.87. The molecule has 0 saturated carbocycles. The Balaban J connectivity index is 2.26. The number of alkyl halides is 2. The lowest BCUT2D eigenvalue weighted by atomic mass is 10.3. The van der Waals surface area contributed by atoms with Crippen molar-refractivity contribution in [1.29, 1.82) is 0 Å². The lowest BCUT2D eigenvalue weighted by molar-refractivity contribution is -0.0498. The fraction of sp³-hybridized carbons (Fsp3) is 0.100. The highest BCUT2D eigenvalue weighted by molar-refractivity contribution is 7.92. The Labute approximate surface area is 117 Å². The first kappa shape index (κ1) is 14.5. The van der Waals surface area contributed by atoms with E-state index in [1.54, 1.807) is 0 Å². The van der Waals surface area contributed by atoms with E-state index in [1.807, 2.05) is 0 Å². The summed E-state index contributed by atoms with van der Waals surface area (Å²) in [5.41, 5.74) is 0.231. The van der Waals surface area contributed by atoms with Crippen LogP contribution in [0, 0.1) is 0 Å². The summed E-state index contributed by atoms with van der Waals surface area (Å²) >= 11 is 5.69. The van der Waals surface area contributed by atoms with E-state index in [4.69, 9.17) is 11.6 Å². The SMILES string of the molecule is O=S(=O)(Nc1cn[nH]c1)c1ccc(OC(F)F)c(Cl)c1. The van der Waals surface area contributed by atoms with Gasteiger partial charge in [0.05, 0.1) is 21.8 Å². The first-order valence-electron chi connectivity index (χ1n) is 5.14. The Kier molecular flexibility index (Phi) is 4.09. The molecule has 1 heterocycles. The maximum atomic E-state index is 12.1. The zero-order chi connectivity index (χ0) is 14.8. The second-order valence-corrected chi connectivity index (χ2v) is 5.65. The quantitative estimate of drug-likeness (QED) is 0.885. The molecule has 2 rings (SSSR count). The molecule has 0 unspecified atom stereocenters. The second-order valence-electron chi connectivity index (χ2n) is 3.56. The van der Waals surface area contributed by atoms with Crippen LogP contribution < -0.4 is 9.46 Å². The molecule has 20 heavy (non-hydrogen) atoms. The molecule has 0 spiro atoms. The van der Waals surface area contributed by atoms with Crippen LogP contribution in [0.5, 0.6) is 5.75 Å². The summed E-state index contributed by atoms with van der Waals surface area (Å²) in [4.78, 5) is -0.190. The number of nitrogens with zero attached hydrogens (tertiary/aromatic N) is 1. The molecule has 0 bridgehead atoms. The van der Waals surface area contributed by atoms with Gasteiger partial charge in [0.1, 0.15) is 5.75 Å². The lowest BCUT2D eigenvalue weighted by Crippen LogP contribution is -2.12. The van der Waals surface area contributed by atoms with Gasteiger partial charge in [-0.1, -0.05) is 11.6 Å². The van der Waals surface area contributed by atoms with E-state index in [9.17, 15) is 17.2 Å². The van der Waals surface area contributed by atoms with Gasteiger partial charge in [0.2, 0.25) is 0 Å². The average Bonchev–Trinajstić information content (AvgIpc) is 2.83. The van der Waals surface area contributed by atoms with Crippen LogP contribution in [0.25, 0.3) is 0 Å². The Bertz CT molecular complexity index is 692. The van der Waals surface area contributed by atoms with Gasteiger partial charge in [-0.2, -0.15) is 13.9 Å². The van der Waals surface area contributed by atoms with Crippen molar-refractivity contribution in [2.75, 3.05) is 4.72 Å². The Morgan fingerprint density at radius 1 is 1.40 bits per heavy atom. The van der Waals surface area contributed by atoms with Gasteiger partial charge in [-0.3, -0.25) is 9.82 Å². The van der Waals surface area contributed by atoms with Crippen LogP contribution in [0.2, 0.25) is 5.02 Å². The summed E-state index contributed by atoms with van der Waals surface area (Å²) in [7, 11) is -3.89. The van der Waals surface area contributed by atoms with Crippen molar-refractivity contribution in [3.63, 3.8) is 0 Å². The molecule has 10 heteroatoms. The number of H-pyrrole nitrogens is 1. The van der Waals surface area contributed by atoms with Gasteiger partial charge in [0.25, 0.3) is 10.0 Å². The highest BCUT2D eigenvalue weighted by Gasteiger charge is 2.17. The van der Waals surface area contributed by atoms with E-state index in [1.165, 1.54) is 12.4 Å². The predicted octanol–water partition coefficient (Wildman–Crippen LogP) is 2.47. The molecule has 0 amide bonds. The molecular formula is C10H8ClF2N3O3S. The van der Waals surface area contributed by atoms with Crippen molar-refractivity contribution in [3.8, 4) is 5.75 Å². The van der Waals surface area contributed by atoms with Gasteiger partial charge in [-0.05, 0) is 18.2 Å². The largest absolute Gasteiger partial charge is 0.433 e. The molecule has 0 aliphatic carbocycles. The molecule has 0 fully saturated rings. The van der Waals surface area contributed by atoms with Crippen molar-refractivity contribution in [2.24, 2.45) is 0 Å². The number of aromatic nitrogens is 2. The number of anilines is 1. The predicted molar refractivity (Wildman–Crippen MR) is 67.5 cm³/mol. The van der Waals surface area contributed by atoms with Crippen LogP contribution in [0.3, 0.4) is 0 Å². The van der Waals surface area contributed by atoms with Crippen molar-refractivity contribution in [2.45, 2.75) is 11.5 Å². The van der Waals surface area contributed by atoms with Crippen LogP contribution in [-0.2, 0) is 10.0 Å². The van der Waals surface area contributed by atoms with Gasteiger partial charge in [0, 0.05) is 6.20 Å². The topological polar surface area (TPSA) is 84.1 Å². The summed E-state index contributed by atoms with van der Waals surface area (Å²) in [5.74, 6) is -0.302. The molecule has 1 aromatic heterocycles. The van der Waals surface area contributed by atoms with Gasteiger partial charge in [0.15, 0.2) is 0 Å². The van der Waals surface area contributed by atoms with Crippen LogP contribution in [0.4, 0.5) is 14.5 Å². The maximum Gasteiger partial charge on any atom is 0.387 e. The fourth-order valence-corrected chi connectivity index (χ4v) is 2.71. The third kappa shape index (κ3) is 3.36. The van der Waals surface area contributed by atoms with Crippen LogP contribution in [0.1, 0.15) is 0 Å². The summed E-state index contributed by atoms with van der Waals surface area (Å²) in [5, 5.41) is 5.79. The Morgan fingerprint density at radius 3 is 2.70 bits per heavy atom. The summed E-state index contributed by atoms with van der Waals surface area (Å²) in [6.07, 6.45) is 2.61. The van der Waals surface area contributed by atoms with Crippen molar-refractivity contribution >= 4 is 27.3 Å². The maximum absolute atomic E-state index is 12.1. The van der Waals surface area contributed by atoms with Crippen molar-refractivity contribution in [1.82, 2.24) is 10.2 Å². The normalized spacial score (nSPS) is 11.6. The average molecular weight is 324 g/mol. The summed E-state index contributed by atoms with van der Waals surface area (Å²) in [6.45, 7) is -3.04. The lowest BCUT2D eigenvalue weighted by Gasteiger charge is -2.09. The first-order valence-corrected chi connectivity index (χ1v) is 7.00. The molecular weight excluding hydrogens is 316 g/mol. The molecule has 0 aliphatic heterocycles. The number of aromatic amines is 1. The first-order chi connectivity index (χ1) is 9.38. The van der Waals surface area contributed by atoms with Crippen molar-refractivity contribution < 1.29 is 21.9 Å². The molecule has 0 atom stereocenters. The minimum absolute atomic E-state index is 0.190. The molecule has 2 aromatic rings. The Morgan fingerprint density at radius 2 is 2.15 bits per heavy atom. The number of hydrogen-bond acceptors (Lipinski definition) is 4. The summed E-state index contributed by atoms with van der Waals surface area (Å²) in [6, 6.07) is 3.17. The van der Waals surface area contributed by atoms with Crippen LogP contribution in [-0.4, -0.2) is 25.2 Å². The van der Waals surface area contributed by atoms with Crippen molar-refractivity contribution in [3.05, 3.63) is 35.6 Å². The molecule has 0 saturated heterocycles. The minimum atomic E-state index is -3.89. The van der Waals surface area contributed by atoms with E-state index < -0.39 is 16.6 Å². The number of benzene rings is 1. The monoisotopic (exact) mass is 323 g/mol. The zero-order valence-corrected chi connectivity index (χ0v) is 11.3. The van der Waals surface area contributed by atoms with Gasteiger partial charge in [-0.25, -0.2) is 8.42 Å². The van der Waals surface area contributed by atoms with Gasteiger partial charge in [-0.15, -0.1) is 0 Å². The van der Waals surface area contributed by atoms with E-state index in [0.29, 0.717) is 0 Å². The minimum Gasteiger partial charge on any atom is -0.433 e. The number of hydrogen-bond donors (Lipinski definition) is 2. The number of nitrogens with one attached hydrogen (secondary N) is 2. The zero-order valence-electron chi connectivity index (χ0n) is 9.68. The number of rotatable bonds is 5. The van der Waals surface area contributed by atoms with Crippen LogP contribution >= 0.6 is 11.6 Å². The molecule has 108 valence electrons.